The monoisotopic (exact) mass is 379 g/mol. The molecule has 0 spiro atoms. The Morgan fingerprint density at radius 3 is 2.00 bits per heavy atom. The standard InChI is InChI=1S/C9H11F2N3O.C6H6.C6H14/c1-2-3-6(15)7-12-8-9(10,11)4-5-14(8)13-7;1-2-4-6-5-3-1;1-4-6(3)5-2/h2-5H2,1H3;1-6H;6H,4-5H2,1-3H3. The zero-order valence-corrected chi connectivity index (χ0v) is 16.8. The summed E-state index contributed by atoms with van der Waals surface area (Å²) >= 11 is 0. The number of nitrogens with zero attached hydrogens (tertiary/aromatic N) is 3. The molecular formula is C21H31F2N3O. The van der Waals surface area contributed by atoms with Crippen molar-refractivity contribution in [2.75, 3.05) is 0 Å². The van der Waals surface area contributed by atoms with Gasteiger partial charge >= 0.3 is 5.92 Å². The maximum absolute atomic E-state index is 13.2. The molecule has 0 saturated heterocycles. The van der Waals surface area contributed by atoms with E-state index in [9.17, 15) is 13.6 Å². The van der Waals surface area contributed by atoms with Crippen LogP contribution in [0.5, 0.6) is 0 Å². The van der Waals surface area contributed by atoms with Gasteiger partial charge in [-0.05, 0) is 12.3 Å². The molecule has 2 heterocycles. The van der Waals surface area contributed by atoms with Gasteiger partial charge in [0.2, 0.25) is 11.6 Å². The largest absolute Gasteiger partial charge is 0.308 e. The molecule has 1 aliphatic rings. The van der Waals surface area contributed by atoms with Crippen LogP contribution in [-0.4, -0.2) is 20.5 Å². The zero-order valence-electron chi connectivity index (χ0n) is 16.8. The number of ketones is 1. The Morgan fingerprint density at radius 1 is 1.11 bits per heavy atom. The molecule has 150 valence electrons. The van der Waals surface area contributed by atoms with Crippen LogP contribution >= 0.6 is 0 Å². The van der Waals surface area contributed by atoms with E-state index in [4.69, 9.17) is 0 Å². The summed E-state index contributed by atoms with van der Waals surface area (Å²) < 4.78 is 27.5. The highest BCUT2D eigenvalue weighted by Crippen LogP contribution is 2.36. The number of Topliss-reactive ketones (excluding diaryl/α,β-unsaturated/α-hetero) is 1. The molecule has 2 aromatic rings. The predicted octanol–water partition coefficient (Wildman–Crippen LogP) is 5.89. The maximum Gasteiger partial charge on any atom is 0.308 e. The number of rotatable bonds is 5. The molecule has 0 amide bonds. The number of alkyl halides is 2. The van der Waals surface area contributed by atoms with Crippen LogP contribution in [0.1, 0.15) is 76.2 Å². The first-order chi connectivity index (χ1) is 12.9. The average molecular weight is 379 g/mol. The number of aromatic nitrogens is 3. The highest BCUT2D eigenvalue weighted by atomic mass is 19.3. The fourth-order valence-electron chi connectivity index (χ4n) is 2.26. The number of hydrogen-bond donors (Lipinski definition) is 0. The van der Waals surface area contributed by atoms with Crippen molar-refractivity contribution in [1.82, 2.24) is 14.8 Å². The zero-order chi connectivity index (χ0) is 20.3. The number of halogens is 2. The molecule has 6 heteroatoms. The van der Waals surface area contributed by atoms with Crippen LogP contribution in [0, 0.1) is 5.92 Å². The highest BCUT2D eigenvalue weighted by molar-refractivity contribution is 5.92. The highest BCUT2D eigenvalue weighted by Gasteiger charge is 2.43. The number of fused-ring (bicyclic) bond motifs is 1. The lowest BCUT2D eigenvalue weighted by Gasteiger charge is -2.03. The van der Waals surface area contributed by atoms with Crippen LogP contribution in [-0.2, 0) is 12.5 Å². The van der Waals surface area contributed by atoms with Gasteiger partial charge in [0, 0.05) is 19.4 Å². The minimum Gasteiger partial charge on any atom is -0.291 e. The Labute approximate surface area is 161 Å². The molecule has 0 bridgehead atoms. The van der Waals surface area contributed by atoms with Crippen molar-refractivity contribution >= 4 is 5.78 Å². The van der Waals surface area contributed by atoms with Gasteiger partial charge in [-0.15, -0.1) is 5.10 Å². The third-order valence-electron chi connectivity index (χ3n) is 4.42. The van der Waals surface area contributed by atoms with Gasteiger partial charge in [-0.1, -0.05) is 76.9 Å². The number of hydrogen-bond acceptors (Lipinski definition) is 3. The van der Waals surface area contributed by atoms with E-state index in [2.05, 4.69) is 30.9 Å². The Hall–Kier alpha value is -2.11. The van der Waals surface area contributed by atoms with Crippen LogP contribution in [0.25, 0.3) is 0 Å². The predicted molar refractivity (Wildman–Crippen MR) is 104 cm³/mol. The molecule has 4 nitrogen and oxygen atoms in total. The normalized spacial score (nSPS) is 13.9. The summed E-state index contributed by atoms with van der Waals surface area (Å²) in [5.74, 6) is -2.72. The molecule has 0 saturated carbocycles. The summed E-state index contributed by atoms with van der Waals surface area (Å²) in [4.78, 5) is 15.0. The third-order valence-corrected chi connectivity index (χ3v) is 4.42. The Balaban J connectivity index is 0.000000251. The van der Waals surface area contributed by atoms with E-state index in [0.717, 1.165) is 10.6 Å². The first kappa shape index (κ1) is 22.9. The quantitative estimate of drug-likeness (QED) is 0.609. The van der Waals surface area contributed by atoms with E-state index >= 15 is 0 Å². The van der Waals surface area contributed by atoms with Gasteiger partial charge < -0.3 is 0 Å². The Kier molecular flexibility index (Phi) is 9.83. The second-order valence-electron chi connectivity index (χ2n) is 6.69. The van der Waals surface area contributed by atoms with Crippen LogP contribution in [0.2, 0.25) is 0 Å². The smallest absolute Gasteiger partial charge is 0.291 e. The molecule has 0 radical (unpaired) electrons. The molecule has 0 atom stereocenters. The summed E-state index contributed by atoms with van der Waals surface area (Å²) in [5, 5.41) is 3.78. The van der Waals surface area contributed by atoms with E-state index in [1.807, 2.05) is 43.3 Å². The SMILES string of the molecule is CCC(C)CC.CCCC(=O)c1nc2n(n1)CCC2(F)F.c1ccccc1. The fourth-order valence-corrected chi connectivity index (χ4v) is 2.26. The van der Waals surface area contributed by atoms with Gasteiger partial charge in [0.1, 0.15) is 0 Å². The first-order valence-electron chi connectivity index (χ1n) is 9.72. The summed E-state index contributed by atoms with van der Waals surface area (Å²) in [5.41, 5.74) is 0. The summed E-state index contributed by atoms with van der Waals surface area (Å²) in [6.07, 6.45) is 3.35. The molecule has 1 aromatic carbocycles. The molecule has 27 heavy (non-hydrogen) atoms. The summed E-state index contributed by atoms with van der Waals surface area (Å²) in [6, 6.07) is 12.0. The minimum atomic E-state index is -2.93. The minimum absolute atomic E-state index is 0.0776. The molecule has 1 aromatic heterocycles. The fraction of sp³-hybridized carbons (Fsp3) is 0.571. The van der Waals surface area contributed by atoms with Crippen molar-refractivity contribution in [2.45, 2.75) is 72.3 Å². The van der Waals surface area contributed by atoms with Crippen molar-refractivity contribution in [2.24, 2.45) is 5.92 Å². The first-order valence-corrected chi connectivity index (χ1v) is 9.72. The number of benzene rings is 1. The van der Waals surface area contributed by atoms with E-state index < -0.39 is 5.92 Å². The van der Waals surface area contributed by atoms with E-state index in [0.29, 0.717) is 12.8 Å². The van der Waals surface area contributed by atoms with Crippen molar-refractivity contribution in [3.8, 4) is 0 Å². The Morgan fingerprint density at radius 2 is 1.63 bits per heavy atom. The summed E-state index contributed by atoms with van der Waals surface area (Å²) in [6.45, 7) is 8.72. The van der Waals surface area contributed by atoms with Crippen LogP contribution < -0.4 is 0 Å². The molecule has 0 unspecified atom stereocenters. The van der Waals surface area contributed by atoms with Gasteiger partial charge in [-0.3, -0.25) is 4.79 Å². The maximum atomic E-state index is 13.2. The van der Waals surface area contributed by atoms with Gasteiger partial charge in [0.15, 0.2) is 5.82 Å². The van der Waals surface area contributed by atoms with E-state index in [1.54, 1.807) is 0 Å². The van der Waals surface area contributed by atoms with Crippen molar-refractivity contribution in [3.63, 3.8) is 0 Å². The van der Waals surface area contributed by atoms with Crippen molar-refractivity contribution in [1.29, 1.82) is 0 Å². The van der Waals surface area contributed by atoms with E-state index in [1.165, 1.54) is 12.8 Å². The molecule has 1 aliphatic heterocycles. The number of carbonyl (C=O) groups excluding carboxylic acids is 1. The van der Waals surface area contributed by atoms with Crippen molar-refractivity contribution in [3.05, 3.63) is 48.0 Å². The molecular weight excluding hydrogens is 348 g/mol. The lowest BCUT2D eigenvalue weighted by molar-refractivity contribution is -0.00631. The van der Waals surface area contributed by atoms with Crippen LogP contribution in [0.3, 0.4) is 0 Å². The summed E-state index contributed by atoms with van der Waals surface area (Å²) in [7, 11) is 0. The molecule has 0 N–H and O–H groups in total. The van der Waals surface area contributed by atoms with Crippen LogP contribution in [0.4, 0.5) is 8.78 Å². The van der Waals surface area contributed by atoms with Gasteiger partial charge in [-0.25, -0.2) is 9.67 Å². The lowest BCUT2D eigenvalue weighted by atomic mass is 10.1. The lowest BCUT2D eigenvalue weighted by Crippen LogP contribution is -2.10. The van der Waals surface area contributed by atoms with Crippen molar-refractivity contribution < 1.29 is 13.6 Å². The third kappa shape index (κ3) is 7.57. The number of carbonyl (C=O) groups is 1. The van der Waals surface area contributed by atoms with Crippen LogP contribution in [0.15, 0.2) is 36.4 Å². The second kappa shape index (κ2) is 11.6. The molecule has 0 aliphatic carbocycles. The second-order valence-corrected chi connectivity index (χ2v) is 6.69. The topological polar surface area (TPSA) is 47.8 Å². The van der Waals surface area contributed by atoms with Gasteiger partial charge in [0.25, 0.3) is 0 Å². The van der Waals surface area contributed by atoms with Gasteiger partial charge in [-0.2, -0.15) is 8.78 Å². The average Bonchev–Trinajstić information content (AvgIpc) is 3.24. The molecule has 3 rings (SSSR count). The van der Waals surface area contributed by atoms with E-state index in [-0.39, 0.29) is 30.4 Å². The Bertz CT molecular complexity index is 641. The molecule has 0 fully saturated rings. The number of aryl methyl sites for hydroxylation is 1. The van der Waals surface area contributed by atoms with Gasteiger partial charge in [0.05, 0.1) is 0 Å².